The zero-order valence-electron chi connectivity index (χ0n) is 18.4. The van der Waals surface area contributed by atoms with Crippen LogP contribution in [-0.4, -0.2) is 68.9 Å². The fraction of sp³-hybridized carbons (Fsp3) is 0.478. The van der Waals surface area contributed by atoms with Gasteiger partial charge in [-0.3, -0.25) is 9.59 Å². The largest absolute Gasteiger partial charge is 0.484 e. The Morgan fingerprint density at radius 1 is 0.939 bits per heavy atom. The smallest absolute Gasteiger partial charge is 0.260 e. The first-order chi connectivity index (χ1) is 15.9. The van der Waals surface area contributed by atoms with Crippen LogP contribution in [0.1, 0.15) is 25.7 Å². The lowest BCUT2D eigenvalue weighted by Gasteiger charge is -2.37. The molecule has 0 atom stereocenters. The zero-order chi connectivity index (χ0) is 23.3. The van der Waals surface area contributed by atoms with Gasteiger partial charge in [0.1, 0.15) is 9.96 Å². The van der Waals surface area contributed by atoms with E-state index in [1.165, 1.54) is 11.3 Å². The summed E-state index contributed by atoms with van der Waals surface area (Å²) in [6, 6.07) is 12.4. The lowest BCUT2D eigenvalue weighted by atomic mass is 9.94. The second kappa shape index (κ2) is 10.7. The van der Waals surface area contributed by atoms with Gasteiger partial charge in [0.2, 0.25) is 15.9 Å². The predicted octanol–water partition coefficient (Wildman–Crippen LogP) is 2.33. The van der Waals surface area contributed by atoms with Crippen LogP contribution in [0.2, 0.25) is 0 Å². The predicted molar refractivity (Wildman–Crippen MR) is 125 cm³/mol. The number of carbonyl (C=O) groups excluding carboxylic acids is 2. The van der Waals surface area contributed by atoms with Crippen LogP contribution in [0.15, 0.2) is 52.1 Å². The number of benzene rings is 1. The number of amides is 2. The third-order valence-corrected chi connectivity index (χ3v) is 9.11. The minimum Gasteiger partial charge on any atom is -0.484 e. The first-order valence-electron chi connectivity index (χ1n) is 11.2. The summed E-state index contributed by atoms with van der Waals surface area (Å²) in [5, 5.41) is 1.74. The molecule has 0 saturated carbocycles. The van der Waals surface area contributed by atoms with Gasteiger partial charge in [-0.15, -0.1) is 11.3 Å². The van der Waals surface area contributed by atoms with E-state index < -0.39 is 10.0 Å². The van der Waals surface area contributed by atoms with Crippen molar-refractivity contribution in [2.24, 2.45) is 5.92 Å². The summed E-state index contributed by atoms with van der Waals surface area (Å²) < 4.78 is 33.5. The van der Waals surface area contributed by atoms with Gasteiger partial charge in [0.15, 0.2) is 6.61 Å². The minimum absolute atomic E-state index is 0.00246. The molecule has 10 heteroatoms. The Hall–Kier alpha value is -2.43. The molecule has 0 unspecified atom stereocenters. The molecule has 178 valence electrons. The van der Waals surface area contributed by atoms with Gasteiger partial charge in [-0.1, -0.05) is 24.3 Å². The van der Waals surface area contributed by atoms with E-state index in [9.17, 15) is 18.0 Å². The van der Waals surface area contributed by atoms with Gasteiger partial charge in [-0.05, 0) is 49.3 Å². The molecule has 2 aliphatic heterocycles. The highest BCUT2D eigenvalue weighted by Gasteiger charge is 2.33. The van der Waals surface area contributed by atoms with Crippen molar-refractivity contribution in [3.8, 4) is 5.75 Å². The van der Waals surface area contributed by atoms with E-state index in [-0.39, 0.29) is 30.4 Å². The molecular formula is C23H29N3O5S2. The van der Waals surface area contributed by atoms with Gasteiger partial charge in [-0.25, -0.2) is 13.1 Å². The molecule has 0 bridgehead atoms. The molecule has 0 aliphatic carbocycles. The number of sulfonamides is 1. The summed E-state index contributed by atoms with van der Waals surface area (Å²) in [5.41, 5.74) is 0. The zero-order valence-corrected chi connectivity index (χ0v) is 20.0. The van der Waals surface area contributed by atoms with E-state index in [4.69, 9.17) is 4.74 Å². The molecule has 2 fully saturated rings. The van der Waals surface area contributed by atoms with Crippen molar-refractivity contribution < 1.29 is 22.7 Å². The number of thiophene rings is 1. The summed E-state index contributed by atoms with van der Waals surface area (Å²) >= 11 is 1.20. The van der Waals surface area contributed by atoms with Gasteiger partial charge in [0.25, 0.3) is 5.91 Å². The highest BCUT2D eigenvalue weighted by Crippen LogP contribution is 2.23. The van der Waals surface area contributed by atoms with Crippen LogP contribution in [0.3, 0.4) is 0 Å². The maximum atomic E-state index is 13.0. The molecule has 2 aromatic rings. The molecule has 2 amide bonds. The molecule has 1 aromatic carbocycles. The standard InChI is InChI=1S/C23H29N3O5S2/c27-21(17-31-20-5-2-1-3-6-20)25-12-8-18(9-13-25)23(28)26-14-10-19(11-15-26)24-33(29,30)22-7-4-16-32-22/h1-7,16,18-19,24H,8-15,17H2. The second-order valence-electron chi connectivity index (χ2n) is 8.41. The average Bonchev–Trinajstić information content (AvgIpc) is 3.39. The number of para-hydroxylation sites is 1. The summed E-state index contributed by atoms with van der Waals surface area (Å²) in [4.78, 5) is 29.0. The Morgan fingerprint density at radius 2 is 1.61 bits per heavy atom. The fourth-order valence-corrected chi connectivity index (χ4v) is 6.61. The number of hydrogen-bond acceptors (Lipinski definition) is 6. The van der Waals surface area contributed by atoms with Crippen molar-refractivity contribution in [1.82, 2.24) is 14.5 Å². The number of likely N-dealkylation sites (tertiary alicyclic amines) is 2. The van der Waals surface area contributed by atoms with Gasteiger partial charge in [0, 0.05) is 38.1 Å². The van der Waals surface area contributed by atoms with Crippen LogP contribution in [0.5, 0.6) is 5.75 Å². The Morgan fingerprint density at radius 3 is 2.24 bits per heavy atom. The molecule has 4 rings (SSSR count). The number of nitrogens with zero attached hydrogens (tertiary/aromatic N) is 2. The highest BCUT2D eigenvalue weighted by molar-refractivity contribution is 7.91. The molecule has 1 aromatic heterocycles. The van der Waals surface area contributed by atoms with E-state index in [1.807, 2.05) is 35.2 Å². The van der Waals surface area contributed by atoms with Gasteiger partial charge >= 0.3 is 0 Å². The molecule has 0 spiro atoms. The maximum absolute atomic E-state index is 13.0. The number of carbonyl (C=O) groups is 2. The lowest BCUT2D eigenvalue weighted by Crippen LogP contribution is -2.50. The van der Waals surface area contributed by atoms with Crippen molar-refractivity contribution in [2.75, 3.05) is 32.8 Å². The molecule has 2 saturated heterocycles. The summed E-state index contributed by atoms with van der Waals surface area (Å²) in [6.45, 7) is 2.17. The van der Waals surface area contributed by atoms with E-state index in [1.54, 1.807) is 22.4 Å². The van der Waals surface area contributed by atoms with E-state index in [0.717, 1.165) is 0 Å². The second-order valence-corrected chi connectivity index (χ2v) is 11.3. The van der Waals surface area contributed by atoms with Crippen LogP contribution < -0.4 is 9.46 Å². The fourth-order valence-electron chi connectivity index (χ4n) is 4.30. The Labute approximate surface area is 198 Å². The van der Waals surface area contributed by atoms with E-state index in [2.05, 4.69) is 4.72 Å². The van der Waals surface area contributed by atoms with E-state index >= 15 is 0 Å². The van der Waals surface area contributed by atoms with Gasteiger partial charge < -0.3 is 14.5 Å². The van der Waals surface area contributed by atoms with Crippen molar-refractivity contribution in [2.45, 2.75) is 35.9 Å². The van der Waals surface area contributed by atoms with Crippen LogP contribution in [0.4, 0.5) is 0 Å². The molecule has 2 aliphatic rings. The molecule has 3 heterocycles. The third-order valence-electron chi connectivity index (χ3n) is 6.19. The Kier molecular flexibility index (Phi) is 7.67. The average molecular weight is 492 g/mol. The minimum atomic E-state index is -3.49. The molecular weight excluding hydrogens is 462 g/mol. The van der Waals surface area contributed by atoms with Gasteiger partial charge in [0.05, 0.1) is 0 Å². The maximum Gasteiger partial charge on any atom is 0.260 e. The van der Waals surface area contributed by atoms with Crippen molar-refractivity contribution in [3.05, 3.63) is 47.8 Å². The summed E-state index contributed by atoms with van der Waals surface area (Å²) in [6.07, 6.45) is 2.48. The third kappa shape index (κ3) is 6.13. The first kappa shape index (κ1) is 23.7. The van der Waals surface area contributed by atoms with Crippen LogP contribution in [-0.2, 0) is 19.6 Å². The normalized spacial score (nSPS) is 18.3. The number of rotatable bonds is 7. The van der Waals surface area contributed by atoms with Crippen LogP contribution >= 0.6 is 11.3 Å². The summed E-state index contributed by atoms with van der Waals surface area (Å²) in [5.74, 6) is 0.617. The quantitative estimate of drug-likeness (QED) is 0.641. The van der Waals surface area contributed by atoms with Crippen molar-refractivity contribution >= 4 is 33.2 Å². The molecule has 1 N–H and O–H groups in total. The number of nitrogens with one attached hydrogen (secondary N) is 1. The van der Waals surface area contributed by atoms with Crippen LogP contribution in [0.25, 0.3) is 0 Å². The first-order valence-corrected chi connectivity index (χ1v) is 13.6. The number of ether oxygens (including phenoxy) is 1. The Balaban J connectivity index is 1.19. The lowest BCUT2D eigenvalue weighted by molar-refractivity contribution is -0.142. The highest BCUT2D eigenvalue weighted by atomic mass is 32.2. The monoisotopic (exact) mass is 491 g/mol. The number of piperidine rings is 2. The molecule has 8 nitrogen and oxygen atoms in total. The summed E-state index contributed by atoms with van der Waals surface area (Å²) in [7, 11) is -3.49. The van der Waals surface area contributed by atoms with Crippen molar-refractivity contribution in [1.29, 1.82) is 0 Å². The SMILES string of the molecule is O=C(COc1ccccc1)N1CCC(C(=O)N2CCC(NS(=O)(=O)c3cccs3)CC2)CC1. The molecule has 0 radical (unpaired) electrons. The van der Waals surface area contributed by atoms with Gasteiger partial charge in [-0.2, -0.15) is 0 Å². The number of hydrogen-bond donors (Lipinski definition) is 1. The Bertz CT molecular complexity index is 1030. The van der Waals surface area contributed by atoms with E-state index in [0.29, 0.717) is 61.8 Å². The molecule has 33 heavy (non-hydrogen) atoms. The van der Waals surface area contributed by atoms with Crippen LogP contribution in [0, 0.1) is 5.92 Å². The topological polar surface area (TPSA) is 96.0 Å². The van der Waals surface area contributed by atoms with Crippen molar-refractivity contribution in [3.63, 3.8) is 0 Å².